The van der Waals surface area contributed by atoms with E-state index < -0.39 is 17.9 Å². The molecule has 0 bridgehead atoms. The van der Waals surface area contributed by atoms with Crippen LogP contribution in [0.15, 0.2) is 12.1 Å². The van der Waals surface area contributed by atoms with Gasteiger partial charge in [0.2, 0.25) is 0 Å². The Morgan fingerprint density at radius 1 is 1.33 bits per heavy atom. The van der Waals surface area contributed by atoms with Crippen LogP contribution in [-0.4, -0.2) is 29.3 Å². The second-order valence-electron chi connectivity index (χ2n) is 3.64. The fourth-order valence-electron chi connectivity index (χ4n) is 1.79. The van der Waals surface area contributed by atoms with Crippen LogP contribution in [-0.2, 0) is 16.0 Å². The third-order valence-corrected chi connectivity index (χ3v) is 2.79. The molecule has 5 nitrogen and oxygen atoms in total. The van der Waals surface area contributed by atoms with Crippen molar-refractivity contribution in [2.45, 2.75) is 19.3 Å². The average molecular weight is 273 g/mol. The zero-order valence-corrected chi connectivity index (χ0v) is 10.7. The van der Waals surface area contributed by atoms with Crippen molar-refractivity contribution < 1.29 is 24.5 Å². The number of aliphatic carboxylic acids is 2. The number of rotatable bonds is 5. The molecule has 1 aromatic rings. The van der Waals surface area contributed by atoms with Gasteiger partial charge in [-0.15, -0.1) is 0 Å². The van der Waals surface area contributed by atoms with Gasteiger partial charge in [-0.05, 0) is 24.1 Å². The summed E-state index contributed by atoms with van der Waals surface area (Å²) in [6, 6.07) is 2.97. The molecule has 0 aliphatic heterocycles. The number of aryl methyl sites for hydroxylation is 1. The van der Waals surface area contributed by atoms with Gasteiger partial charge >= 0.3 is 11.9 Å². The predicted octanol–water partition coefficient (Wildman–Crippen LogP) is 2.16. The van der Waals surface area contributed by atoms with Crippen LogP contribution in [0.2, 0.25) is 5.02 Å². The quantitative estimate of drug-likeness (QED) is 0.803. The van der Waals surface area contributed by atoms with Crippen molar-refractivity contribution in [1.29, 1.82) is 0 Å². The summed E-state index contributed by atoms with van der Waals surface area (Å²) in [7, 11) is 1.34. The van der Waals surface area contributed by atoms with Crippen LogP contribution >= 0.6 is 11.6 Å². The molecule has 0 radical (unpaired) electrons. The number of carboxylic acids is 2. The minimum absolute atomic E-state index is 0.143. The zero-order chi connectivity index (χ0) is 13.9. The summed E-state index contributed by atoms with van der Waals surface area (Å²) >= 11 is 5.87. The minimum atomic E-state index is -1.66. The number of carboxylic acid groups (broad SMARTS) is 2. The van der Waals surface area contributed by atoms with Crippen LogP contribution < -0.4 is 4.74 Å². The number of benzene rings is 1. The van der Waals surface area contributed by atoms with Crippen molar-refractivity contribution in [3.63, 3.8) is 0 Å². The van der Waals surface area contributed by atoms with Crippen molar-refractivity contribution >= 4 is 23.5 Å². The van der Waals surface area contributed by atoms with Crippen molar-refractivity contribution in [3.05, 3.63) is 28.3 Å². The highest BCUT2D eigenvalue weighted by atomic mass is 35.5. The van der Waals surface area contributed by atoms with Gasteiger partial charge in [0.1, 0.15) is 5.75 Å². The standard InChI is InChI=1S/C12H13ClO5/c1-3-6-4-7(13)5-8(18-2)9(6)10(11(14)15)12(16)17/h4-5,10H,3H2,1-2H3,(H,14,15)(H,16,17). The molecule has 0 saturated carbocycles. The lowest BCUT2D eigenvalue weighted by Gasteiger charge is -2.17. The van der Waals surface area contributed by atoms with Gasteiger partial charge in [0.25, 0.3) is 0 Å². The Morgan fingerprint density at radius 2 is 1.89 bits per heavy atom. The van der Waals surface area contributed by atoms with Gasteiger partial charge in [0, 0.05) is 10.6 Å². The number of hydrogen-bond donors (Lipinski definition) is 2. The second-order valence-corrected chi connectivity index (χ2v) is 4.08. The van der Waals surface area contributed by atoms with Gasteiger partial charge in [-0.1, -0.05) is 18.5 Å². The average Bonchev–Trinajstić information content (AvgIpc) is 2.29. The summed E-state index contributed by atoms with van der Waals surface area (Å²) in [6.45, 7) is 1.79. The van der Waals surface area contributed by atoms with E-state index in [1.807, 2.05) is 0 Å². The van der Waals surface area contributed by atoms with Crippen LogP contribution in [0.1, 0.15) is 24.0 Å². The molecule has 0 aromatic heterocycles. The van der Waals surface area contributed by atoms with E-state index in [0.717, 1.165) is 0 Å². The topological polar surface area (TPSA) is 83.8 Å². The van der Waals surface area contributed by atoms with Crippen molar-refractivity contribution in [3.8, 4) is 5.75 Å². The SMILES string of the molecule is CCc1cc(Cl)cc(OC)c1C(C(=O)O)C(=O)O. The molecule has 0 fully saturated rings. The van der Waals surface area contributed by atoms with E-state index in [4.69, 9.17) is 26.6 Å². The molecule has 1 aromatic carbocycles. The molecule has 0 atom stereocenters. The van der Waals surface area contributed by atoms with Gasteiger partial charge < -0.3 is 14.9 Å². The Balaban J connectivity index is 3.53. The van der Waals surface area contributed by atoms with E-state index in [1.54, 1.807) is 13.0 Å². The summed E-state index contributed by atoms with van der Waals surface area (Å²) < 4.78 is 5.04. The molecule has 0 aliphatic rings. The number of hydrogen-bond acceptors (Lipinski definition) is 3. The lowest BCUT2D eigenvalue weighted by molar-refractivity contribution is -0.150. The number of halogens is 1. The summed E-state index contributed by atoms with van der Waals surface area (Å²) in [5, 5.41) is 18.5. The highest BCUT2D eigenvalue weighted by molar-refractivity contribution is 6.30. The van der Waals surface area contributed by atoms with Crippen molar-refractivity contribution in [2.24, 2.45) is 0 Å². The maximum absolute atomic E-state index is 11.1. The molecular formula is C12H13ClO5. The molecule has 0 spiro atoms. The minimum Gasteiger partial charge on any atom is -0.496 e. The molecular weight excluding hydrogens is 260 g/mol. The lowest BCUT2D eigenvalue weighted by Crippen LogP contribution is -2.23. The van der Waals surface area contributed by atoms with Gasteiger partial charge in [-0.2, -0.15) is 0 Å². The Kier molecular flexibility index (Phi) is 4.55. The van der Waals surface area contributed by atoms with Crippen LogP contribution in [0.4, 0.5) is 0 Å². The fraction of sp³-hybridized carbons (Fsp3) is 0.333. The Morgan fingerprint density at radius 3 is 2.28 bits per heavy atom. The molecule has 0 unspecified atom stereocenters. The molecule has 18 heavy (non-hydrogen) atoms. The second kappa shape index (κ2) is 5.73. The summed E-state index contributed by atoms with van der Waals surface area (Å²) in [6.07, 6.45) is 0.462. The number of methoxy groups -OCH3 is 1. The smallest absolute Gasteiger partial charge is 0.322 e. The zero-order valence-electron chi connectivity index (χ0n) is 9.94. The molecule has 2 N–H and O–H groups in total. The normalized spacial score (nSPS) is 10.4. The van der Waals surface area contributed by atoms with Crippen LogP contribution in [0.25, 0.3) is 0 Å². The van der Waals surface area contributed by atoms with E-state index in [1.165, 1.54) is 13.2 Å². The maximum Gasteiger partial charge on any atom is 0.322 e. The van der Waals surface area contributed by atoms with Crippen molar-refractivity contribution in [2.75, 3.05) is 7.11 Å². The van der Waals surface area contributed by atoms with E-state index in [2.05, 4.69) is 0 Å². The van der Waals surface area contributed by atoms with Crippen LogP contribution in [0, 0.1) is 0 Å². The highest BCUT2D eigenvalue weighted by Crippen LogP contribution is 2.34. The summed E-state index contributed by atoms with van der Waals surface area (Å²) in [5.74, 6) is -4.35. The van der Waals surface area contributed by atoms with Crippen LogP contribution in [0.5, 0.6) is 5.75 Å². The van der Waals surface area contributed by atoms with E-state index in [9.17, 15) is 9.59 Å². The Bertz CT molecular complexity index is 444. The molecule has 98 valence electrons. The van der Waals surface area contributed by atoms with Crippen LogP contribution in [0.3, 0.4) is 0 Å². The Labute approximate surface area is 109 Å². The highest BCUT2D eigenvalue weighted by Gasteiger charge is 2.33. The van der Waals surface area contributed by atoms with Gasteiger partial charge in [-0.25, -0.2) is 0 Å². The van der Waals surface area contributed by atoms with Gasteiger partial charge in [0.15, 0.2) is 5.92 Å². The first-order valence-corrected chi connectivity index (χ1v) is 5.62. The molecule has 1 rings (SSSR count). The molecule has 0 saturated heterocycles. The lowest BCUT2D eigenvalue weighted by atomic mass is 9.92. The maximum atomic E-state index is 11.1. The number of ether oxygens (including phenoxy) is 1. The molecule has 6 heteroatoms. The third kappa shape index (κ3) is 2.73. The predicted molar refractivity (Wildman–Crippen MR) is 65.4 cm³/mol. The van der Waals surface area contributed by atoms with Gasteiger partial charge in [0.05, 0.1) is 7.11 Å². The first-order chi connectivity index (χ1) is 8.42. The molecule has 0 aliphatic carbocycles. The van der Waals surface area contributed by atoms with Gasteiger partial charge in [-0.3, -0.25) is 9.59 Å². The van der Waals surface area contributed by atoms with E-state index in [0.29, 0.717) is 17.0 Å². The van der Waals surface area contributed by atoms with E-state index >= 15 is 0 Å². The third-order valence-electron chi connectivity index (χ3n) is 2.58. The first-order valence-electron chi connectivity index (χ1n) is 5.24. The largest absolute Gasteiger partial charge is 0.496 e. The summed E-state index contributed by atoms with van der Waals surface area (Å²) in [4.78, 5) is 22.2. The number of carbonyl (C=O) groups is 2. The van der Waals surface area contributed by atoms with E-state index in [-0.39, 0.29) is 11.3 Å². The molecule has 0 heterocycles. The monoisotopic (exact) mass is 272 g/mol. The molecule has 0 amide bonds. The Hall–Kier alpha value is -1.75. The first kappa shape index (κ1) is 14.3. The van der Waals surface area contributed by atoms with Crippen molar-refractivity contribution in [1.82, 2.24) is 0 Å². The fourth-order valence-corrected chi connectivity index (χ4v) is 2.02. The summed E-state index contributed by atoms with van der Waals surface area (Å²) in [5.41, 5.74) is 0.693.